The third-order valence-electron chi connectivity index (χ3n) is 3.07. The van der Waals surface area contributed by atoms with Gasteiger partial charge in [0.15, 0.2) is 0 Å². The first kappa shape index (κ1) is 13.9. The van der Waals surface area contributed by atoms with Crippen LogP contribution in [-0.2, 0) is 9.31 Å². The molecule has 0 spiro atoms. The maximum absolute atomic E-state index is 12.4. The van der Waals surface area contributed by atoms with Gasteiger partial charge < -0.3 is 15.0 Å². The minimum Gasteiger partial charge on any atom is -0.405 e. The molecule has 1 fully saturated rings. The molecule has 0 aromatic rings. The monoisotopic (exact) mass is 240 g/mol. The molecule has 0 radical (unpaired) electrons. The summed E-state index contributed by atoms with van der Waals surface area (Å²) in [5.74, 6) is -0.791. The van der Waals surface area contributed by atoms with Crippen LogP contribution in [0.25, 0.3) is 0 Å². The third kappa shape index (κ3) is 2.95. The van der Waals surface area contributed by atoms with Gasteiger partial charge in [-0.1, -0.05) is 0 Å². The topological polar surface area (TPSA) is 56.8 Å². The highest BCUT2D eigenvalue weighted by Gasteiger charge is 2.52. The van der Waals surface area contributed by atoms with Gasteiger partial charge in [-0.15, -0.1) is 0 Å². The molecular formula is C11H18BFN2O2. The summed E-state index contributed by atoms with van der Waals surface area (Å²) < 4.78 is 23.9. The highest BCUT2D eigenvalue weighted by Crippen LogP contribution is 2.38. The Kier molecular flexibility index (Phi) is 3.79. The van der Waals surface area contributed by atoms with Crippen LogP contribution in [0.15, 0.2) is 29.2 Å². The predicted octanol–water partition coefficient (Wildman–Crippen LogP) is 1.97. The normalized spacial score (nSPS) is 23.4. The maximum Gasteiger partial charge on any atom is 0.497 e. The second kappa shape index (κ2) is 4.62. The lowest BCUT2D eigenvalue weighted by Gasteiger charge is -2.32. The summed E-state index contributed by atoms with van der Waals surface area (Å²) in [7, 11) is -0.645. The molecule has 6 heteroatoms. The minimum atomic E-state index is -0.791. The Morgan fingerprint density at radius 2 is 1.76 bits per heavy atom. The summed E-state index contributed by atoms with van der Waals surface area (Å²) in [6, 6.07) is 0. The van der Waals surface area contributed by atoms with E-state index in [0.717, 1.165) is 0 Å². The first-order valence-electron chi connectivity index (χ1n) is 5.35. The zero-order valence-electron chi connectivity index (χ0n) is 10.7. The third-order valence-corrected chi connectivity index (χ3v) is 3.07. The van der Waals surface area contributed by atoms with E-state index in [4.69, 9.17) is 15.0 Å². The van der Waals surface area contributed by atoms with Crippen LogP contribution >= 0.6 is 0 Å². The number of allylic oxidation sites excluding steroid dienone is 1. The molecule has 0 atom stereocenters. The van der Waals surface area contributed by atoms with Crippen molar-refractivity contribution in [2.24, 2.45) is 10.7 Å². The molecule has 4 nitrogen and oxygen atoms in total. The molecule has 94 valence electrons. The Bertz CT molecular complexity index is 362. The molecule has 0 saturated carbocycles. The standard InChI is InChI=1S/C11H18BFN2O2/c1-8(13)15-7-9(6-14)12-16-10(2,3)11(4,5)17-12/h6-7H,1,14H2,2-5H3. The Morgan fingerprint density at radius 1 is 1.29 bits per heavy atom. The lowest BCUT2D eigenvalue weighted by atomic mass is 9.79. The molecule has 1 saturated heterocycles. The fourth-order valence-corrected chi connectivity index (χ4v) is 1.31. The molecule has 1 aliphatic heterocycles. The number of halogens is 1. The van der Waals surface area contributed by atoms with Crippen molar-refractivity contribution in [1.82, 2.24) is 0 Å². The van der Waals surface area contributed by atoms with Crippen molar-refractivity contribution in [3.8, 4) is 0 Å². The Hall–Kier alpha value is -1.14. The summed E-state index contributed by atoms with van der Waals surface area (Å²) in [6.07, 6.45) is 2.54. The molecule has 17 heavy (non-hydrogen) atoms. The van der Waals surface area contributed by atoms with Crippen LogP contribution < -0.4 is 5.73 Å². The van der Waals surface area contributed by atoms with Crippen molar-refractivity contribution in [2.75, 3.05) is 0 Å². The summed E-state index contributed by atoms with van der Waals surface area (Å²) in [5, 5.41) is 0. The molecule has 0 aromatic carbocycles. The van der Waals surface area contributed by atoms with E-state index in [1.807, 2.05) is 27.7 Å². The van der Waals surface area contributed by atoms with Gasteiger partial charge in [0.1, 0.15) is 0 Å². The summed E-state index contributed by atoms with van der Waals surface area (Å²) in [5.41, 5.74) is 4.98. The summed E-state index contributed by atoms with van der Waals surface area (Å²) >= 11 is 0. The molecule has 1 rings (SSSR count). The van der Waals surface area contributed by atoms with Crippen molar-refractivity contribution in [3.63, 3.8) is 0 Å². The summed E-state index contributed by atoms with van der Waals surface area (Å²) in [6.45, 7) is 10.7. The predicted molar refractivity (Wildman–Crippen MR) is 67.1 cm³/mol. The van der Waals surface area contributed by atoms with Gasteiger partial charge >= 0.3 is 7.12 Å². The van der Waals surface area contributed by atoms with E-state index in [0.29, 0.717) is 5.47 Å². The zero-order chi connectivity index (χ0) is 13.3. The second-order valence-corrected chi connectivity index (χ2v) is 4.89. The van der Waals surface area contributed by atoms with Crippen LogP contribution in [0.5, 0.6) is 0 Å². The van der Waals surface area contributed by atoms with Gasteiger partial charge in [0, 0.05) is 11.7 Å². The largest absolute Gasteiger partial charge is 0.497 e. The van der Waals surface area contributed by atoms with E-state index >= 15 is 0 Å². The molecule has 0 bridgehead atoms. The Balaban J connectivity index is 2.86. The lowest BCUT2D eigenvalue weighted by molar-refractivity contribution is 0.00578. The number of nitrogens with zero attached hydrogens (tertiary/aromatic N) is 1. The molecular weight excluding hydrogens is 222 g/mol. The maximum atomic E-state index is 12.4. The first-order valence-corrected chi connectivity index (χ1v) is 5.35. The molecule has 0 unspecified atom stereocenters. The number of aliphatic imine (C=N–C) groups is 1. The van der Waals surface area contributed by atoms with Gasteiger partial charge in [-0.25, -0.2) is 4.99 Å². The molecule has 1 heterocycles. The SMILES string of the molecule is C=C(F)N=CC(=CN)B1OC(C)(C)C(C)(C)O1. The zero-order valence-corrected chi connectivity index (χ0v) is 10.7. The van der Waals surface area contributed by atoms with Gasteiger partial charge in [-0.05, 0) is 40.5 Å². The van der Waals surface area contributed by atoms with Crippen molar-refractivity contribution >= 4 is 13.3 Å². The highest BCUT2D eigenvalue weighted by molar-refractivity contribution is 6.60. The molecule has 0 aromatic heterocycles. The van der Waals surface area contributed by atoms with E-state index in [9.17, 15) is 4.39 Å². The average molecular weight is 240 g/mol. The van der Waals surface area contributed by atoms with E-state index < -0.39 is 24.3 Å². The van der Waals surface area contributed by atoms with Gasteiger partial charge in [0.25, 0.3) is 0 Å². The Morgan fingerprint density at radius 3 is 2.12 bits per heavy atom. The Labute approximate surface area is 102 Å². The quantitative estimate of drug-likeness (QED) is 0.466. The van der Waals surface area contributed by atoms with Gasteiger partial charge in [-0.3, -0.25) is 0 Å². The van der Waals surface area contributed by atoms with Crippen molar-refractivity contribution in [3.05, 3.63) is 24.2 Å². The van der Waals surface area contributed by atoms with Gasteiger partial charge in [0.2, 0.25) is 5.95 Å². The number of nitrogens with two attached hydrogens (primary N) is 1. The van der Waals surface area contributed by atoms with E-state index in [-0.39, 0.29) is 0 Å². The van der Waals surface area contributed by atoms with Crippen LogP contribution in [-0.4, -0.2) is 24.5 Å². The van der Waals surface area contributed by atoms with Crippen LogP contribution in [0.2, 0.25) is 0 Å². The van der Waals surface area contributed by atoms with Gasteiger partial charge in [-0.2, -0.15) is 4.39 Å². The molecule has 1 aliphatic rings. The van der Waals surface area contributed by atoms with Gasteiger partial charge in [0.05, 0.1) is 11.2 Å². The lowest BCUT2D eigenvalue weighted by Crippen LogP contribution is -2.41. The fraction of sp³-hybridized carbons (Fsp3) is 0.545. The van der Waals surface area contributed by atoms with Crippen LogP contribution in [0.1, 0.15) is 27.7 Å². The second-order valence-electron chi connectivity index (χ2n) is 4.89. The molecule has 0 amide bonds. The number of hydrogen-bond acceptors (Lipinski definition) is 4. The van der Waals surface area contributed by atoms with Crippen molar-refractivity contribution < 1.29 is 13.7 Å². The van der Waals surface area contributed by atoms with E-state index in [2.05, 4.69) is 11.6 Å². The minimum absolute atomic E-state index is 0.461. The molecule has 0 aliphatic carbocycles. The highest BCUT2D eigenvalue weighted by atomic mass is 19.1. The van der Waals surface area contributed by atoms with Crippen LogP contribution in [0, 0.1) is 0 Å². The van der Waals surface area contributed by atoms with Crippen LogP contribution in [0.3, 0.4) is 0 Å². The van der Waals surface area contributed by atoms with Crippen LogP contribution in [0.4, 0.5) is 4.39 Å². The summed E-state index contributed by atoms with van der Waals surface area (Å²) in [4.78, 5) is 3.44. The first-order chi connectivity index (χ1) is 7.69. The molecule has 2 N–H and O–H groups in total. The van der Waals surface area contributed by atoms with Crippen molar-refractivity contribution in [2.45, 2.75) is 38.9 Å². The smallest absolute Gasteiger partial charge is 0.405 e. The van der Waals surface area contributed by atoms with E-state index in [1.54, 1.807) is 0 Å². The average Bonchev–Trinajstić information content (AvgIpc) is 2.36. The fourth-order valence-electron chi connectivity index (χ4n) is 1.31. The van der Waals surface area contributed by atoms with E-state index in [1.165, 1.54) is 12.4 Å². The number of rotatable bonds is 3. The van der Waals surface area contributed by atoms with Crippen molar-refractivity contribution in [1.29, 1.82) is 0 Å². The number of hydrogen-bond donors (Lipinski definition) is 1.